The van der Waals surface area contributed by atoms with Gasteiger partial charge in [0.05, 0.1) is 32.0 Å². The average Bonchev–Trinajstić information content (AvgIpc) is 2.98. The number of hydrogen-bond donors (Lipinski definition) is 5. The molecule has 0 bridgehead atoms. The number of benzene rings is 2. The summed E-state index contributed by atoms with van der Waals surface area (Å²) in [5, 5.41) is 11.4. The summed E-state index contributed by atoms with van der Waals surface area (Å²) >= 11 is 3.14. The largest absolute Gasteiger partial charge is 0.478 e. The summed E-state index contributed by atoms with van der Waals surface area (Å²) in [5.74, 6) is 3.61. The third-order valence-corrected chi connectivity index (χ3v) is 6.38. The van der Waals surface area contributed by atoms with Gasteiger partial charge in [-0.05, 0) is 43.3 Å². The van der Waals surface area contributed by atoms with Crippen molar-refractivity contribution < 1.29 is 24.2 Å². The molecule has 43 heavy (non-hydrogen) atoms. The Hall–Kier alpha value is -3.62. The van der Waals surface area contributed by atoms with E-state index in [9.17, 15) is 9.59 Å². The molecule has 0 unspecified atom stereocenters. The molecule has 0 aliphatic carbocycles. The highest BCUT2D eigenvalue weighted by Gasteiger charge is 2.12. The third kappa shape index (κ3) is 16.6. The second kappa shape index (κ2) is 22.0. The molecule has 0 radical (unpaired) electrons. The van der Waals surface area contributed by atoms with Crippen molar-refractivity contribution in [2.24, 2.45) is 5.73 Å². The van der Waals surface area contributed by atoms with E-state index in [0.717, 1.165) is 72.2 Å². The number of nitrogens with one attached hydrogen (secondary N) is 1. The maximum absolute atomic E-state index is 12.0. The van der Waals surface area contributed by atoms with Crippen LogP contribution in [-0.4, -0.2) is 106 Å². The lowest BCUT2D eigenvalue weighted by molar-refractivity contribution is 0.0383. The van der Waals surface area contributed by atoms with Crippen LogP contribution < -0.4 is 22.5 Å². The van der Waals surface area contributed by atoms with Gasteiger partial charge in [-0.1, -0.05) is 21.9 Å². The summed E-state index contributed by atoms with van der Waals surface area (Å²) < 4.78 is 11.1. The molecule has 2 fully saturated rings. The Morgan fingerprint density at radius 2 is 1.42 bits per heavy atom. The fourth-order valence-corrected chi connectivity index (χ4v) is 4.37. The van der Waals surface area contributed by atoms with Crippen molar-refractivity contribution in [1.82, 2.24) is 15.1 Å². The minimum atomic E-state index is -0.974. The molecule has 8 N–H and O–H groups in total. The van der Waals surface area contributed by atoms with Crippen LogP contribution in [0.5, 0.6) is 0 Å². The van der Waals surface area contributed by atoms with Crippen LogP contribution in [0.4, 0.5) is 11.4 Å². The first-order valence-electron chi connectivity index (χ1n) is 13.8. The maximum Gasteiger partial charge on any atom is 0.335 e. The molecule has 2 aromatic carbocycles. The zero-order valence-electron chi connectivity index (χ0n) is 24.7. The topological polar surface area (TPSA) is 169 Å². The number of amides is 1. The number of carbonyl (C=O) groups is 2. The summed E-state index contributed by atoms with van der Waals surface area (Å²) in [4.78, 5) is 27.0. The van der Waals surface area contributed by atoms with E-state index in [2.05, 4.69) is 49.3 Å². The van der Waals surface area contributed by atoms with Crippen molar-refractivity contribution in [3.05, 3.63) is 57.6 Å². The van der Waals surface area contributed by atoms with Gasteiger partial charge in [-0.25, -0.2) is 4.79 Å². The van der Waals surface area contributed by atoms with E-state index >= 15 is 0 Å². The number of halogens is 1. The first kappa shape index (κ1) is 37.4. The summed E-state index contributed by atoms with van der Waals surface area (Å²) in [6, 6.07) is 9.52. The first-order valence-corrected chi connectivity index (χ1v) is 14.5. The monoisotopic (exact) mass is 658 g/mol. The molecule has 2 aliphatic heterocycles. The Morgan fingerprint density at radius 1 is 0.907 bits per heavy atom. The van der Waals surface area contributed by atoms with Gasteiger partial charge in [-0.3, -0.25) is 14.6 Å². The zero-order chi connectivity index (χ0) is 32.0. The van der Waals surface area contributed by atoms with Crippen molar-refractivity contribution in [1.29, 1.82) is 0 Å². The number of hydrogen-bond acceptors (Lipinski definition) is 9. The number of carbonyl (C=O) groups excluding carboxylic acids is 1. The molecule has 0 saturated carbocycles. The van der Waals surface area contributed by atoms with E-state index in [0.29, 0.717) is 33.5 Å². The maximum atomic E-state index is 12.0. The number of morpholine rings is 2. The summed E-state index contributed by atoms with van der Waals surface area (Å²) in [7, 11) is 0. The SMILES string of the molecule is C#CC.C#Cc1cc(N)cc(C(=O)NCCN2CCOCC2)c1.NCCN1CCOCC1.Nc1cc(Br)cc(C(=O)O)c1. The van der Waals surface area contributed by atoms with E-state index in [-0.39, 0.29) is 11.5 Å². The van der Waals surface area contributed by atoms with E-state index in [1.54, 1.807) is 31.2 Å². The van der Waals surface area contributed by atoms with Crippen LogP contribution in [0.15, 0.2) is 40.9 Å². The molecule has 12 heteroatoms. The number of carboxylic acid groups (broad SMARTS) is 1. The third-order valence-electron chi connectivity index (χ3n) is 5.92. The Balaban J connectivity index is 0.000000338. The minimum absolute atomic E-state index is 0.151. The second-order valence-electron chi connectivity index (χ2n) is 9.31. The number of anilines is 2. The van der Waals surface area contributed by atoms with E-state index in [4.69, 9.17) is 38.2 Å². The van der Waals surface area contributed by atoms with Crippen LogP contribution in [0.3, 0.4) is 0 Å². The van der Waals surface area contributed by atoms with Gasteiger partial charge in [-0.15, -0.1) is 18.8 Å². The molecule has 234 valence electrons. The van der Waals surface area contributed by atoms with Crippen LogP contribution in [0.25, 0.3) is 0 Å². The molecular formula is C31H43BrN6O5. The minimum Gasteiger partial charge on any atom is -0.478 e. The van der Waals surface area contributed by atoms with Crippen molar-refractivity contribution in [2.45, 2.75) is 6.92 Å². The number of terminal acetylenes is 2. The van der Waals surface area contributed by atoms with Crippen molar-refractivity contribution in [3.63, 3.8) is 0 Å². The molecule has 11 nitrogen and oxygen atoms in total. The Kier molecular flexibility index (Phi) is 19.1. The lowest BCUT2D eigenvalue weighted by Gasteiger charge is -2.26. The summed E-state index contributed by atoms with van der Waals surface area (Å²) in [5.41, 5.74) is 18.7. The van der Waals surface area contributed by atoms with Crippen molar-refractivity contribution in [3.8, 4) is 24.7 Å². The first-order chi connectivity index (χ1) is 20.6. The number of carboxylic acids is 1. The number of nitrogens with zero attached hydrogens (tertiary/aromatic N) is 2. The second-order valence-corrected chi connectivity index (χ2v) is 10.2. The smallest absolute Gasteiger partial charge is 0.335 e. The summed E-state index contributed by atoms with van der Waals surface area (Å²) in [6.07, 6.45) is 9.93. The Labute approximate surface area is 263 Å². The van der Waals surface area contributed by atoms with Gasteiger partial charge >= 0.3 is 5.97 Å². The van der Waals surface area contributed by atoms with Gasteiger partial charge in [0.1, 0.15) is 0 Å². The Bertz CT molecular complexity index is 1200. The van der Waals surface area contributed by atoms with E-state index in [1.165, 1.54) is 12.1 Å². The normalized spacial score (nSPS) is 14.5. The van der Waals surface area contributed by atoms with Crippen molar-refractivity contribution in [2.75, 3.05) is 90.3 Å². The molecule has 2 saturated heterocycles. The van der Waals surface area contributed by atoms with Gasteiger partial charge < -0.3 is 37.1 Å². The number of aromatic carboxylic acids is 1. The van der Waals surface area contributed by atoms with Gasteiger partial charge in [0.25, 0.3) is 5.91 Å². The highest BCUT2D eigenvalue weighted by Crippen LogP contribution is 2.17. The van der Waals surface area contributed by atoms with Crippen LogP contribution in [0.1, 0.15) is 33.2 Å². The van der Waals surface area contributed by atoms with E-state index in [1.807, 2.05) is 0 Å². The molecule has 4 rings (SSSR count). The van der Waals surface area contributed by atoms with Crippen LogP contribution in [-0.2, 0) is 9.47 Å². The zero-order valence-corrected chi connectivity index (χ0v) is 26.3. The van der Waals surface area contributed by atoms with Gasteiger partial charge in [0.15, 0.2) is 0 Å². The van der Waals surface area contributed by atoms with E-state index < -0.39 is 5.97 Å². The average molecular weight is 660 g/mol. The van der Waals surface area contributed by atoms with Gasteiger partial charge in [0.2, 0.25) is 0 Å². The fourth-order valence-electron chi connectivity index (χ4n) is 3.86. The van der Waals surface area contributed by atoms with Gasteiger partial charge in [0, 0.05) is 79.3 Å². The molecule has 0 atom stereocenters. The highest BCUT2D eigenvalue weighted by molar-refractivity contribution is 9.10. The molecule has 2 aromatic rings. The lowest BCUT2D eigenvalue weighted by atomic mass is 10.1. The standard InChI is InChI=1S/C15H19N3O2.C7H6BrNO2.C6H14N2O.C3H4/c1-2-12-9-13(11-14(16)10-12)15(19)17-3-4-18-5-7-20-8-6-18;8-5-1-4(7(10)11)2-6(9)3-5;7-1-2-8-3-5-9-6-4-8;1-3-2/h1,9-11H,3-8,16H2,(H,17,19);1-3H,9H2,(H,10,11);1-7H2;1H,2H3. The number of nitrogen functional groups attached to an aromatic ring is 2. The van der Waals surface area contributed by atoms with Crippen LogP contribution >= 0.6 is 15.9 Å². The highest BCUT2D eigenvalue weighted by atomic mass is 79.9. The van der Waals surface area contributed by atoms with Crippen LogP contribution in [0, 0.1) is 24.7 Å². The number of rotatable bonds is 7. The molecule has 2 aliphatic rings. The molecule has 0 spiro atoms. The van der Waals surface area contributed by atoms with Gasteiger partial charge in [-0.2, -0.15) is 0 Å². The predicted molar refractivity (Wildman–Crippen MR) is 175 cm³/mol. The molecule has 2 heterocycles. The van der Waals surface area contributed by atoms with Crippen LogP contribution in [0.2, 0.25) is 0 Å². The number of ether oxygens (including phenoxy) is 2. The Morgan fingerprint density at radius 3 is 1.91 bits per heavy atom. The predicted octanol–water partition coefficient (Wildman–Crippen LogP) is 1.96. The quantitative estimate of drug-likeness (QED) is 0.219. The molecule has 0 aromatic heterocycles. The number of nitrogens with two attached hydrogens (primary N) is 3. The molecular weight excluding hydrogens is 616 g/mol. The lowest BCUT2D eigenvalue weighted by Crippen LogP contribution is -2.41. The summed E-state index contributed by atoms with van der Waals surface area (Å²) in [6.45, 7) is 12.0. The van der Waals surface area contributed by atoms with Crippen molar-refractivity contribution >= 4 is 39.2 Å². The molecule has 1 amide bonds. The fraction of sp³-hybridized carbons (Fsp3) is 0.419.